The summed E-state index contributed by atoms with van der Waals surface area (Å²) in [6.45, 7) is 3.96. The first-order valence-corrected chi connectivity index (χ1v) is 12.5. The lowest BCUT2D eigenvalue weighted by atomic mass is 9.94. The topological polar surface area (TPSA) is 71.3 Å². The molecule has 1 N–H and O–H groups in total. The van der Waals surface area contributed by atoms with E-state index >= 15 is 0 Å². The van der Waals surface area contributed by atoms with E-state index in [4.69, 9.17) is 21.1 Å². The molecule has 2 amide bonds. The Morgan fingerprint density at radius 3 is 2.61 bits per heavy atom. The fraction of sp³-hybridized carbons (Fsp3) is 0.207. The molecule has 2 heterocycles. The van der Waals surface area contributed by atoms with E-state index in [1.807, 2.05) is 68.4 Å². The van der Waals surface area contributed by atoms with Gasteiger partial charge >= 0.3 is 6.03 Å². The minimum atomic E-state index is -0.492. The van der Waals surface area contributed by atoms with Gasteiger partial charge in [-0.3, -0.25) is 4.90 Å². The summed E-state index contributed by atoms with van der Waals surface area (Å²) in [4.78, 5) is 19.9. The molecule has 1 aromatic heterocycles. The van der Waals surface area contributed by atoms with Crippen molar-refractivity contribution in [2.75, 3.05) is 4.90 Å². The number of hydrogen-bond acceptors (Lipinski definition) is 4. The predicted molar refractivity (Wildman–Crippen MR) is 141 cm³/mol. The molecule has 0 saturated carbocycles. The van der Waals surface area contributed by atoms with Crippen LogP contribution in [-0.2, 0) is 12.8 Å². The van der Waals surface area contributed by atoms with Crippen molar-refractivity contribution in [2.24, 2.45) is 0 Å². The van der Waals surface area contributed by atoms with Gasteiger partial charge in [0.2, 0.25) is 5.82 Å². The smallest absolute Gasteiger partial charge is 0.326 e. The third kappa shape index (κ3) is 3.97. The van der Waals surface area contributed by atoms with Crippen molar-refractivity contribution >= 4 is 28.9 Å². The lowest BCUT2D eigenvalue weighted by Crippen LogP contribution is -2.46. The summed E-state index contributed by atoms with van der Waals surface area (Å²) in [5.74, 6) is 0.857. The van der Waals surface area contributed by atoms with Crippen molar-refractivity contribution in [3.05, 3.63) is 106 Å². The molecule has 1 atom stereocenters. The minimum Gasteiger partial charge on any atom is -0.334 e. The van der Waals surface area contributed by atoms with Gasteiger partial charge in [0.25, 0.3) is 5.89 Å². The second-order valence-electron chi connectivity index (χ2n) is 9.37. The van der Waals surface area contributed by atoms with Crippen molar-refractivity contribution in [1.29, 1.82) is 0 Å². The number of anilines is 1. The molecule has 0 saturated heterocycles. The second-order valence-corrected chi connectivity index (χ2v) is 9.80. The van der Waals surface area contributed by atoms with Crippen LogP contribution in [0.25, 0.3) is 17.0 Å². The monoisotopic (exact) mass is 496 g/mol. The van der Waals surface area contributed by atoms with E-state index in [0.29, 0.717) is 16.7 Å². The summed E-state index contributed by atoms with van der Waals surface area (Å²) < 4.78 is 5.80. The number of carbonyl (C=O) groups excluding carboxylic acids is 1. The third-order valence-electron chi connectivity index (χ3n) is 6.97. The Morgan fingerprint density at radius 1 is 1.00 bits per heavy atom. The highest BCUT2D eigenvalue weighted by Crippen LogP contribution is 2.40. The number of amides is 2. The van der Waals surface area contributed by atoms with Crippen LogP contribution in [0.3, 0.4) is 0 Å². The molecule has 3 aromatic carbocycles. The fourth-order valence-electron chi connectivity index (χ4n) is 5.12. The number of fused-ring (bicyclic) bond motifs is 1. The normalized spacial score (nSPS) is 17.4. The van der Waals surface area contributed by atoms with E-state index in [1.165, 1.54) is 11.1 Å². The van der Waals surface area contributed by atoms with Gasteiger partial charge in [0.15, 0.2) is 0 Å². The average Bonchev–Trinajstić information content (AvgIpc) is 3.54. The average molecular weight is 497 g/mol. The van der Waals surface area contributed by atoms with Crippen LogP contribution in [0.5, 0.6) is 0 Å². The summed E-state index contributed by atoms with van der Waals surface area (Å²) in [6, 6.07) is 21.0. The van der Waals surface area contributed by atoms with Crippen LogP contribution in [-0.4, -0.2) is 16.2 Å². The summed E-state index contributed by atoms with van der Waals surface area (Å²) in [5.41, 5.74) is 7.81. The van der Waals surface area contributed by atoms with E-state index < -0.39 is 6.04 Å². The molecule has 7 heteroatoms. The van der Waals surface area contributed by atoms with Gasteiger partial charge in [-0.25, -0.2) is 4.79 Å². The van der Waals surface area contributed by atoms with Gasteiger partial charge in [-0.05, 0) is 74.1 Å². The molecular formula is C29H25ClN4O2. The van der Waals surface area contributed by atoms with E-state index in [0.717, 1.165) is 52.9 Å². The molecule has 2 aliphatic rings. The Labute approximate surface area is 214 Å². The first kappa shape index (κ1) is 22.6. The van der Waals surface area contributed by atoms with Crippen LogP contribution in [0.2, 0.25) is 5.02 Å². The third-order valence-corrected chi connectivity index (χ3v) is 7.21. The molecule has 0 radical (unpaired) electrons. The molecule has 6 rings (SSSR count). The van der Waals surface area contributed by atoms with Gasteiger partial charge < -0.3 is 9.84 Å². The number of aryl methyl sites for hydroxylation is 3. The number of halogens is 1. The molecule has 0 spiro atoms. The number of nitrogens with one attached hydrogen (secondary N) is 1. The van der Waals surface area contributed by atoms with Gasteiger partial charge in [0.05, 0.1) is 17.3 Å². The van der Waals surface area contributed by atoms with Crippen LogP contribution < -0.4 is 10.2 Å². The maximum Gasteiger partial charge on any atom is 0.326 e. The number of allylic oxidation sites excluding steroid dienone is 1. The van der Waals surface area contributed by atoms with Crippen molar-refractivity contribution in [3.8, 4) is 11.4 Å². The summed E-state index contributed by atoms with van der Waals surface area (Å²) in [5, 5.41) is 8.00. The van der Waals surface area contributed by atoms with Crippen molar-refractivity contribution < 1.29 is 9.32 Å². The maximum atomic E-state index is 13.5. The molecule has 1 aliphatic carbocycles. The van der Waals surface area contributed by atoms with E-state index in [-0.39, 0.29) is 6.03 Å². The number of nitrogens with zero attached hydrogens (tertiary/aromatic N) is 3. The molecule has 0 fully saturated rings. The van der Waals surface area contributed by atoms with E-state index in [1.54, 1.807) is 4.90 Å². The maximum absolute atomic E-state index is 13.5. The lowest BCUT2D eigenvalue weighted by molar-refractivity contribution is 0.244. The molecule has 6 nitrogen and oxygen atoms in total. The first-order valence-electron chi connectivity index (χ1n) is 12.1. The van der Waals surface area contributed by atoms with Crippen molar-refractivity contribution in [3.63, 3.8) is 0 Å². The van der Waals surface area contributed by atoms with Gasteiger partial charge in [-0.1, -0.05) is 64.8 Å². The number of hydrogen-bond donors (Lipinski definition) is 1. The highest BCUT2D eigenvalue weighted by Gasteiger charge is 2.37. The molecular weight excluding hydrogens is 472 g/mol. The van der Waals surface area contributed by atoms with Crippen LogP contribution in [0, 0.1) is 6.92 Å². The summed E-state index contributed by atoms with van der Waals surface area (Å²) in [7, 11) is 0. The Hall–Kier alpha value is -3.90. The quantitative estimate of drug-likeness (QED) is 0.334. The van der Waals surface area contributed by atoms with Crippen LogP contribution >= 0.6 is 11.6 Å². The number of carbonyl (C=O) groups is 1. The number of aromatic nitrogens is 2. The number of benzene rings is 3. The number of urea groups is 1. The van der Waals surface area contributed by atoms with Crippen LogP contribution in [0.4, 0.5) is 10.5 Å². The largest absolute Gasteiger partial charge is 0.334 e. The molecule has 180 valence electrons. The predicted octanol–water partition coefficient (Wildman–Crippen LogP) is 6.89. The first-order chi connectivity index (χ1) is 17.5. The van der Waals surface area contributed by atoms with E-state index in [9.17, 15) is 4.79 Å². The minimum absolute atomic E-state index is 0.211. The standard InChI is InChI=1S/C29H25ClN4O2/c1-17-9-11-20(12-10-17)27-32-28(36-33-27)25-18(2)34(24-14-13-19-5-3-6-21(19)16-24)29(35)31-26(25)22-7-4-8-23(30)15-22/h4,7-16,26H,3,5-6H2,1-2H3,(H,31,35). The zero-order valence-corrected chi connectivity index (χ0v) is 20.8. The molecule has 1 aliphatic heterocycles. The zero-order chi connectivity index (χ0) is 24.8. The fourth-order valence-corrected chi connectivity index (χ4v) is 5.32. The highest BCUT2D eigenvalue weighted by atomic mass is 35.5. The Bertz CT molecular complexity index is 1510. The molecule has 4 aromatic rings. The Morgan fingerprint density at radius 2 is 1.81 bits per heavy atom. The Kier molecular flexibility index (Phi) is 5.61. The van der Waals surface area contributed by atoms with E-state index in [2.05, 4.69) is 22.6 Å². The van der Waals surface area contributed by atoms with Crippen LogP contribution in [0.1, 0.15) is 47.5 Å². The van der Waals surface area contributed by atoms with Crippen molar-refractivity contribution in [2.45, 2.75) is 39.2 Å². The molecule has 36 heavy (non-hydrogen) atoms. The van der Waals surface area contributed by atoms with Crippen molar-refractivity contribution in [1.82, 2.24) is 15.5 Å². The van der Waals surface area contributed by atoms with Crippen LogP contribution in [0.15, 0.2) is 77.0 Å². The molecule has 0 bridgehead atoms. The van der Waals surface area contributed by atoms with Gasteiger partial charge in [-0.2, -0.15) is 4.98 Å². The van der Waals surface area contributed by atoms with Gasteiger partial charge in [0, 0.05) is 16.3 Å². The zero-order valence-electron chi connectivity index (χ0n) is 20.1. The highest BCUT2D eigenvalue weighted by molar-refractivity contribution is 6.30. The summed E-state index contributed by atoms with van der Waals surface area (Å²) >= 11 is 6.32. The number of rotatable bonds is 4. The summed E-state index contributed by atoms with van der Waals surface area (Å²) in [6.07, 6.45) is 3.26. The van der Waals surface area contributed by atoms with Gasteiger partial charge in [-0.15, -0.1) is 0 Å². The second kappa shape index (κ2) is 8.95. The molecule has 1 unspecified atom stereocenters. The Balaban J connectivity index is 1.49. The lowest BCUT2D eigenvalue weighted by Gasteiger charge is -2.35. The SMILES string of the molecule is CC1=C(c2nc(-c3ccc(C)cc3)no2)C(c2cccc(Cl)c2)NC(=O)N1c1ccc2c(c1)CCC2. The van der Waals surface area contributed by atoms with Gasteiger partial charge in [0.1, 0.15) is 0 Å².